The number of sulfonamides is 1. The van der Waals surface area contributed by atoms with Crippen molar-refractivity contribution >= 4 is 15.7 Å². The summed E-state index contributed by atoms with van der Waals surface area (Å²) in [6, 6.07) is 15.9. The maximum Gasteiger partial charge on any atom is 0.264 e. The van der Waals surface area contributed by atoms with Crippen LogP contribution in [0, 0.1) is 6.92 Å². The third-order valence-electron chi connectivity index (χ3n) is 2.95. The molecule has 0 spiro atoms. The van der Waals surface area contributed by atoms with Crippen molar-refractivity contribution in [2.24, 2.45) is 0 Å². The minimum atomic E-state index is -3.57. The average molecular weight is 287 g/mol. The van der Waals surface area contributed by atoms with Crippen LogP contribution in [0.2, 0.25) is 0 Å². The first kappa shape index (κ1) is 14.3. The fourth-order valence-electron chi connectivity index (χ4n) is 1.89. The number of aryl methyl sites for hydroxylation is 1. The number of anilines is 1. The number of hydrogen-bond donors (Lipinski definition) is 0. The second-order valence-electron chi connectivity index (χ2n) is 4.47. The van der Waals surface area contributed by atoms with E-state index in [1.165, 1.54) is 4.31 Å². The lowest BCUT2D eigenvalue weighted by atomic mass is 10.2. The largest absolute Gasteiger partial charge is 0.264 e. The van der Waals surface area contributed by atoms with Gasteiger partial charge in [0, 0.05) is 0 Å². The van der Waals surface area contributed by atoms with Crippen molar-refractivity contribution in [1.82, 2.24) is 0 Å². The first-order chi connectivity index (χ1) is 9.55. The van der Waals surface area contributed by atoms with Gasteiger partial charge in [-0.1, -0.05) is 42.0 Å². The Labute approximate surface area is 120 Å². The second-order valence-corrected chi connectivity index (χ2v) is 6.34. The zero-order valence-corrected chi connectivity index (χ0v) is 12.2. The molecule has 0 aromatic heterocycles. The third-order valence-corrected chi connectivity index (χ3v) is 4.76. The maximum atomic E-state index is 12.7. The number of nitrogens with zero attached hydrogens (tertiary/aromatic N) is 1. The van der Waals surface area contributed by atoms with Gasteiger partial charge in [-0.25, -0.2) is 8.42 Å². The molecule has 0 amide bonds. The van der Waals surface area contributed by atoms with E-state index in [0.717, 1.165) is 5.56 Å². The molecule has 3 nitrogen and oxygen atoms in total. The summed E-state index contributed by atoms with van der Waals surface area (Å²) in [5, 5.41) is 0. The van der Waals surface area contributed by atoms with E-state index in [1.807, 2.05) is 25.1 Å². The van der Waals surface area contributed by atoms with E-state index in [1.54, 1.807) is 42.5 Å². The van der Waals surface area contributed by atoms with Crippen molar-refractivity contribution in [2.75, 3.05) is 10.8 Å². The molecule has 0 aliphatic carbocycles. The van der Waals surface area contributed by atoms with E-state index in [9.17, 15) is 8.42 Å². The fourth-order valence-corrected chi connectivity index (χ4v) is 3.33. The molecule has 0 unspecified atom stereocenters. The van der Waals surface area contributed by atoms with E-state index in [-0.39, 0.29) is 11.4 Å². The van der Waals surface area contributed by atoms with Crippen LogP contribution in [-0.2, 0) is 10.0 Å². The van der Waals surface area contributed by atoms with Crippen LogP contribution in [0.15, 0.2) is 72.1 Å². The lowest BCUT2D eigenvalue weighted by molar-refractivity contribution is 0.593. The Hall–Kier alpha value is -2.07. The van der Waals surface area contributed by atoms with Gasteiger partial charge >= 0.3 is 0 Å². The molecule has 2 aromatic rings. The van der Waals surface area contributed by atoms with Crippen LogP contribution in [0.25, 0.3) is 0 Å². The van der Waals surface area contributed by atoms with Gasteiger partial charge in [0.15, 0.2) is 0 Å². The summed E-state index contributed by atoms with van der Waals surface area (Å²) in [6.45, 7) is 5.80. The topological polar surface area (TPSA) is 37.4 Å². The van der Waals surface area contributed by atoms with Crippen molar-refractivity contribution in [3.05, 3.63) is 72.8 Å². The van der Waals surface area contributed by atoms with Crippen LogP contribution < -0.4 is 4.31 Å². The highest BCUT2D eigenvalue weighted by molar-refractivity contribution is 7.92. The van der Waals surface area contributed by atoms with Crippen molar-refractivity contribution in [1.29, 1.82) is 0 Å². The molecule has 4 heteroatoms. The lowest BCUT2D eigenvalue weighted by Gasteiger charge is -2.23. The number of benzene rings is 2. The molecule has 2 aromatic carbocycles. The van der Waals surface area contributed by atoms with Gasteiger partial charge in [0.05, 0.1) is 17.1 Å². The first-order valence-electron chi connectivity index (χ1n) is 6.31. The Morgan fingerprint density at radius 1 is 1.05 bits per heavy atom. The molecule has 0 radical (unpaired) electrons. The molecule has 104 valence electrons. The van der Waals surface area contributed by atoms with Gasteiger partial charge in [-0.2, -0.15) is 0 Å². The molecule has 20 heavy (non-hydrogen) atoms. The van der Waals surface area contributed by atoms with Crippen LogP contribution in [0.1, 0.15) is 5.56 Å². The summed E-state index contributed by atoms with van der Waals surface area (Å²) >= 11 is 0. The first-order valence-corrected chi connectivity index (χ1v) is 7.75. The highest BCUT2D eigenvalue weighted by Crippen LogP contribution is 2.23. The molecule has 0 aliphatic heterocycles. The monoisotopic (exact) mass is 287 g/mol. The summed E-state index contributed by atoms with van der Waals surface area (Å²) in [7, 11) is -3.57. The molecule has 0 bridgehead atoms. The number of rotatable bonds is 5. The van der Waals surface area contributed by atoms with Gasteiger partial charge in [-0.05, 0) is 31.2 Å². The molecule has 0 fully saturated rings. The Kier molecular flexibility index (Phi) is 4.25. The van der Waals surface area contributed by atoms with Gasteiger partial charge in [-0.15, -0.1) is 6.58 Å². The van der Waals surface area contributed by atoms with Crippen molar-refractivity contribution < 1.29 is 8.42 Å². The Balaban J connectivity index is 2.48. The molecule has 0 saturated carbocycles. The fraction of sp³-hybridized carbons (Fsp3) is 0.125. The van der Waals surface area contributed by atoms with E-state index < -0.39 is 10.0 Å². The van der Waals surface area contributed by atoms with Crippen molar-refractivity contribution in [3.63, 3.8) is 0 Å². The molecule has 0 aliphatic rings. The molecule has 0 saturated heterocycles. The smallest absolute Gasteiger partial charge is 0.263 e. The van der Waals surface area contributed by atoms with Crippen LogP contribution >= 0.6 is 0 Å². The minimum absolute atomic E-state index is 0.236. The molecule has 0 atom stereocenters. The Morgan fingerprint density at radius 3 is 2.20 bits per heavy atom. The molecule has 0 N–H and O–H groups in total. The van der Waals surface area contributed by atoms with Crippen LogP contribution in [0.5, 0.6) is 0 Å². The summed E-state index contributed by atoms with van der Waals surface area (Å²) in [4.78, 5) is 0.286. The van der Waals surface area contributed by atoms with Crippen molar-refractivity contribution in [3.8, 4) is 0 Å². The van der Waals surface area contributed by atoms with Crippen LogP contribution in [0.3, 0.4) is 0 Å². The molecular formula is C16H17NO2S. The number of para-hydroxylation sites is 1. The van der Waals surface area contributed by atoms with Crippen LogP contribution in [-0.4, -0.2) is 15.0 Å². The summed E-state index contributed by atoms with van der Waals surface area (Å²) in [6.07, 6.45) is 1.58. The highest BCUT2D eigenvalue weighted by Gasteiger charge is 2.23. The Bertz CT molecular complexity index is 676. The van der Waals surface area contributed by atoms with Gasteiger partial charge in [-0.3, -0.25) is 4.31 Å². The quantitative estimate of drug-likeness (QED) is 0.791. The number of hydrogen-bond acceptors (Lipinski definition) is 2. The highest BCUT2D eigenvalue weighted by atomic mass is 32.2. The van der Waals surface area contributed by atoms with E-state index in [4.69, 9.17) is 0 Å². The molecule has 0 heterocycles. The predicted molar refractivity (Wildman–Crippen MR) is 82.3 cm³/mol. The zero-order valence-electron chi connectivity index (χ0n) is 11.4. The SMILES string of the molecule is C=CCN(c1ccccc1)S(=O)(=O)c1ccc(C)cc1. The third kappa shape index (κ3) is 2.91. The maximum absolute atomic E-state index is 12.7. The summed E-state index contributed by atoms with van der Waals surface area (Å²) < 4.78 is 26.8. The van der Waals surface area contributed by atoms with E-state index in [2.05, 4.69) is 6.58 Å². The minimum Gasteiger partial charge on any atom is -0.263 e. The summed E-state index contributed by atoms with van der Waals surface area (Å²) in [5.41, 5.74) is 1.66. The lowest BCUT2D eigenvalue weighted by Crippen LogP contribution is -2.31. The van der Waals surface area contributed by atoms with Crippen molar-refractivity contribution in [2.45, 2.75) is 11.8 Å². The van der Waals surface area contributed by atoms with Gasteiger partial charge in [0.1, 0.15) is 0 Å². The van der Waals surface area contributed by atoms with E-state index >= 15 is 0 Å². The zero-order chi connectivity index (χ0) is 14.6. The molecular weight excluding hydrogens is 270 g/mol. The molecule has 2 rings (SSSR count). The summed E-state index contributed by atoms with van der Waals surface area (Å²) in [5.74, 6) is 0. The van der Waals surface area contributed by atoms with Gasteiger partial charge in [0.2, 0.25) is 0 Å². The predicted octanol–water partition coefficient (Wildman–Crippen LogP) is 3.38. The van der Waals surface area contributed by atoms with E-state index in [0.29, 0.717) is 5.69 Å². The average Bonchev–Trinajstić information content (AvgIpc) is 2.46. The van der Waals surface area contributed by atoms with Crippen LogP contribution in [0.4, 0.5) is 5.69 Å². The Morgan fingerprint density at radius 2 is 1.65 bits per heavy atom. The normalized spacial score (nSPS) is 11.1. The van der Waals surface area contributed by atoms with Gasteiger partial charge < -0.3 is 0 Å². The van der Waals surface area contributed by atoms with Gasteiger partial charge in [0.25, 0.3) is 10.0 Å². The standard InChI is InChI=1S/C16H17NO2S/c1-3-13-17(15-7-5-4-6-8-15)20(18,19)16-11-9-14(2)10-12-16/h3-12H,1,13H2,2H3. The second kappa shape index (κ2) is 5.92.